The zero-order chi connectivity index (χ0) is 12.8. The molecule has 1 fully saturated rings. The van der Waals surface area contributed by atoms with E-state index in [-0.39, 0.29) is 12.4 Å². The van der Waals surface area contributed by atoms with Crippen LogP contribution in [0.25, 0.3) is 0 Å². The Labute approximate surface area is 107 Å². The lowest BCUT2D eigenvalue weighted by Gasteiger charge is -2.11. The fraction of sp³-hybridized carbons (Fsp3) is 0.467. The van der Waals surface area contributed by atoms with Crippen LogP contribution in [-0.4, -0.2) is 17.8 Å². The lowest BCUT2D eigenvalue weighted by atomic mass is 10.1. The molecule has 1 N–H and O–H groups in total. The van der Waals surface area contributed by atoms with Crippen LogP contribution in [0.15, 0.2) is 18.2 Å². The van der Waals surface area contributed by atoms with Gasteiger partial charge in [0.05, 0.1) is 18.3 Å². The predicted octanol–water partition coefficient (Wildman–Crippen LogP) is 2.63. The summed E-state index contributed by atoms with van der Waals surface area (Å²) in [5.41, 5.74) is 1.24. The Morgan fingerprint density at radius 1 is 1.33 bits per heavy atom. The van der Waals surface area contributed by atoms with Crippen LogP contribution in [0.4, 0.5) is 4.39 Å². The Hall–Kier alpha value is -1.37. The maximum Gasteiger partial charge on any atom is 0.138 e. The average Bonchev–Trinajstić information content (AvgIpc) is 2.89. The topological polar surface area (TPSA) is 29.5 Å². The van der Waals surface area contributed by atoms with Crippen LogP contribution < -0.4 is 0 Å². The van der Waals surface area contributed by atoms with E-state index in [0.29, 0.717) is 18.3 Å². The van der Waals surface area contributed by atoms with Gasteiger partial charge >= 0.3 is 0 Å². The summed E-state index contributed by atoms with van der Waals surface area (Å²) < 4.78 is 19.2. The van der Waals surface area contributed by atoms with Crippen molar-refractivity contribution >= 4 is 0 Å². The Morgan fingerprint density at radius 2 is 2.11 bits per heavy atom. The van der Waals surface area contributed by atoms with Crippen LogP contribution in [0.5, 0.6) is 0 Å². The molecule has 0 radical (unpaired) electrons. The third kappa shape index (κ3) is 3.56. The summed E-state index contributed by atoms with van der Waals surface area (Å²) >= 11 is 0. The number of rotatable bonds is 3. The number of halogens is 1. The van der Waals surface area contributed by atoms with Crippen LogP contribution >= 0.6 is 0 Å². The maximum atomic E-state index is 13.4. The lowest BCUT2D eigenvalue weighted by molar-refractivity contribution is 0.0456. The first kappa shape index (κ1) is 13.1. The van der Waals surface area contributed by atoms with E-state index in [0.717, 1.165) is 18.4 Å². The third-order valence-corrected chi connectivity index (χ3v) is 3.12. The molecule has 0 aliphatic heterocycles. The molecule has 0 atom stereocenters. The van der Waals surface area contributed by atoms with E-state index in [2.05, 4.69) is 11.8 Å². The smallest absolute Gasteiger partial charge is 0.138 e. The zero-order valence-corrected chi connectivity index (χ0v) is 10.3. The number of hydrogen-bond donors (Lipinski definition) is 1. The van der Waals surface area contributed by atoms with Gasteiger partial charge in [0.1, 0.15) is 12.4 Å². The van der Waals surface area contributed by atoms with Gasteiger partial charge in [0, 0.05) is 0 Å². The van der Waals surface area contributed by atoms with Gasteiger partial charge in [0.2, 0.25) is 0 Å². The highest BCUT2D eigenvalue weighted by Crippen LogP contribution is 2.22. The molecular formula is C15H17FO2. The monoisotopic (exact) mass is 248 g/mol. The van der Waals surface area contributed by atoms with Crippen molar-refractivity contribution in [2.45, 2.75) is 38.4 Å². The summed E-state index contributed by atoms with van der Waals surface area (Å²) in [6, 6.07) is 4.80. The maximum absolute atomic E-state index is 13.4. The SMILES string of the molecule is OCC#Cc1cc(COC2CCCC2)ccc1F. The molecule has 0 bridgehead atoms. The van der Waals surface area contributed by atoms with Gasteiger partial charge < -0.3 is 9.84 Å². The van der Waals surface area contributed by atoms with Crippen molar-refractivity contribution in [2.75, 3.05) is 6.61 Å². The Kier molecular flexibility index (Phi) is 4.74. The highest BCUT2D eigenvalue weighted by Gasteiger charge is 2.15. The molecule has 1 aliphatic rings. The van der Waals surface area contributed by atoms with Gasteiger partial charge in [0.25, 0.3) is 0 Å². The van der Waals surface area contributed by atoms with Crippen molar-refractivity contribution in [3.8, 4) is 11.8 Å². The summed E-state index contributed by atoms with van der Waals surface area (Å²) in [7, 11) is 0. The van der Waals surface area contributed by atoms with Crippen LogP contribution in [0, 0.1) is 17.7 Å². The standard InChI is InChI=1S/C15H17FO2/c16-15-8-7-12(10-13(15)4-3-9-17)11-18-14-5-1-2-6-14/h7-8,10,14,17H,1-2,5-6,9,11H2. The number of hydrogen-bond acceptors (Lipinski definition) is 2. The molecule has 0 spiro atoms. The summed E-state index contributed by atoms with van der Waals surface area (Å²) in [5, 5.41) is 8.61. The minimum absolute atomic E-state index is 0.262. The second-order valence-electron chi connectivity index (χ2n) is 4.49. The van der Waals surface area contributed by atoms with Crippen molar-refractivity contribution in [3.05, 3.63) is 35.1 Å². The quantitative estimate of drug-likeness (QED) is 0.833. The van der Waals surface area contributed by atoms with Crippen LogP contribution in [0.2, 0.25) is 0 Å². The molecule has 0 unspecified atom stereocenters. The second-order valence-corrected chi connectivity index (χ2v) is 4.49. The predicted molar refractivity (Wildman–Crippen MR) is 67.4 cm³/mol. The van der Waals surface area contributed by atoms with E-state index in [1.165, 1.54) is 18.9 Å². The van der Waals surface area contributed by atoms with E-state index < -0.39 is 0 Å². The number of ether oxygens (including phenoxy) is 1. The van der Waals surface area contributed by atoms with Crippen molar-refractivity contribution in [2.24, 2.45) is 0 Å². The van der Waals surface area contributed by atoms with E-state index >= 15 is 0 Å². The highest BCUT2D eigenvalue weighted by atomic mass is 19.1. The third-order valence-electron chi connectivity index (χ3n) is 3.12. The Bertz CT molecular complexity index is 453. The molecule has 2 rings (SSSR count). The molecule has 96 valence electrons. The van der Waals surface area contributed by atoms with Crippen LogP contribution in [-0.2, 0) is 11.3 Å². The molecule has 0 heterocycles. The second kappa shape index (κ2) is 6.53. The van der Waals surface area contributed by atoms with Crippen molar-refractivity contribution in [1.29, 1.82) is 0 Å². The highest BCUT2D eigenvalue weighted by molar-refractivity contribution is 5.38. The fourth-order valence-electron chi connectivity index (χ4n) is 2.16. The fourth-order valence-corrected chi connectivity index (χ4v) is 2.16. The van der Waals surface area contributed by atoms with Crippen LogP contribution in [0.1, 0.15) is 36.8 Å². The summed E-state index contributed by atoms with van der Waals surface area (Å²) in [6.45, 7) is 0.237. The average molecular weight is 248 g/mol. The number of aliphatic hydroxyl groups excluding tert-OH is 1. The summed E-state index contributed by atoms with van der Waals surface area (Å²) in [6.07, 6.45) is 5.07. The molecule has 0 amide bonds. The molecule has 1 aromatic carbocycles. The van der Waals surface area contributed by atoms with E-state index in [1.54, 1.807) is 12.1 Å². The minimum atomic E-state index is -0.361. The molecule has 0 saturated heterocycles. The Morgan fingerprint density at radius 3 is 2.83 bits per heavy atom. The van der Waals surface area contributed by atoms with Gasteiger partial charge in [-0.15, -0.1) is 0 Å². The minimum Gasteiger partial charge on any atom is -0.384 e. The van der Waals surface area contributed by atoms with Gasteiger partial charge in [-0.05, 0) is 30.5 Å². The van der Waals surface area contributed by atoms with E-state index in [1.807, 2.05) is 0 Å². The van der Waals surface area contributed by atoms with Gasteiger partial charge in [-0.3, -0.25) is 0 Å². The zero-order valence-electron chi connectivity index (χ0n) is 10.3. The molecule has 3 heteroatoms. The normalized spacial score (nSPS) is 15.4. The molecule has 2 nitrogen and oxygen atoms in total. The van der Waals surface area contributed by atoms with Crippen LogP contribution in [0.3, 0.4) is 0 Å². The Balaban J connectivity index is 1.99. The first-order chi connectivity index (χ1) is 8.79. The largest absolute Gasteiger partial charge is 0.384 e. The molecular weight excluding hydrogens is 231 g/mol. The molecule has 1 saturated carbocycles. The number of benzene rings is 1. The first-order valence-electron chi connectivity index (χ1n) is 6.29. The number of aliphatic hydroxyl groups is 1. The van der Waals surface area contributed by atoms with E-state index in [4.69, 9.17) is 9.84 Å². The summed E-state index contributed by atoms with van der Waals surface area (Å²) in [4.78, 5) is 0. The molecule has 0 aromatic heterocycles. The lowest BCUT2D eigenvalue weighted by Crippen LogP contribution is -2.07. The van der Waals surface area contributed by atoms with Gasteiger partial charge in [-0.1, -0.05) is 30.7 Å². The van der Waals surface area contributed by atoms with E-state index in [9.17, 15) is 4.39 Å². The first-order valence-corrected chi connectivity index (χ1v) is 6.29. The van der Waals surface area contributed by atoms with Gasteiger partial charge in [-0.25, -0.2) is 4.39 Å². The van der Waals surface area contributed by atoms with Gasteiger partial charge in [0.15, 0.2) is 0 Å². The molecule has 18 heavy (non-hydrogen) atoms. The van der Waals surface area contributed by atoms with Crippen molar-refractivity contribution in [1.82, 2.24) is 0 Å². The molecule has 1 aliphatic carbocycles. The van der Waals surface area contributed by atoms with Crippen molar-refractivity contribution < 1.29 is 14.2 Å². The summed E-state index contributed by atoms with van der Waals surface area (Å²) in [5.74, 6) is 4.69. The van der Waals surface area contributed by atoms with Gasteiger partial charge in [-0.2, -0.15) is 0 Å². The van der Waals surface area contributed by atoms with Crippen molar-refractivity contribution in [3.63, 3.8) is 0 Å². The molecule has 1 aromatic rings.